The van der Waals surface area contributed by atoms with Crippen LogP contribution in [-0.4, -0.2) is 12.6 Å². The second-order valence-electron chi connectivity index (χ2n) is 11.5. The van der Waals surface area contributed by atoms with E-state index in [1.807, 2.05) is 0 Å². The predicted octanol–water partition coefficient (Wildman–Crippen LogP) is 11.6. The Balaban J connectivity index is 3.69. The fourth-order valence-corrected chi connectivity index (χ4v) is 5.12. The second-order valence-corrected chi connectivity index (χ2v) is 11.5. The van der Waals surface area contributed by atoms with E-state index < -0.39 is 0 Å². The lowest BCUT2D eigenvalue weighted by atomic mass is 9.95. The molecule has 2 heteroatoms. The van der Waals surface area contributed by atoms with Crippen molar-refractivity contribution in [1.82, 2.24) is 0 Å². The van der Waals surface area contributed by atoms with Crippen LogP contribution in [0.15, 0.2) is 0 Å². The monoisotopic (exact) mass is 495 g/mol. The first-order chi connectivity index (χ1) is 17.2. The molecule has 0 aromatic heterocycles. The zero-order valence-corrected chi connectivity index (χ0v) is 24.9. The Bertz CT molecular complexity index is 419. The topological polar surface area (TPSA) is 26.3 Å². The standard InChI is InChI=1S/C33H66O2/c1-5-8-11-13-15-16-17-18-19-20-21-22-23-25-27-31(4)33(34)35-30-32(28-10-7-3)29-26-24-14-12-9-6-2/h31-32H,5-30H2,1-4H3. The first kappa shape index (κ1) is 34.5. The molecule has 0 aliphatic carbocycles. The Hall–Kier alpha value is -0.530. The quantitative estimate of drug-likeness (QED) is 0.0798. The average Bonchev–Trinajstić information content (AvgIpc) is 2.87. The average molecular weight is 495 g/mol. The van der Waals surface area contributed by atoms with Crippen LogP contribution in [0.5, 0.6) is 0 Å². The van der Waals surface area contributed by atoms with Gasteiger partial charge in [-0.1, -0.05) is 169 Å². The molecule has 210 valence electrons. The van der Waals surface area contributed by atoms with Crippen molar-refractivity contribution in [2.45, 2.75) is 188 Å². The number of unbranched alkanes of at least 4 members (excludes halogenated alkanes) is 19. The molecule has 0 amide bonds. The Kier molecular flexibility index (Phi) is 27.6. The maximum Gasteiger partial charge on any atom is 0.308 e. The highest BCUT2D eigenvalue weighted by Crippen LogP contribution is 2.20. The molecule has 0 aromatic rings. The van der Waals surface area contributed by atoms with Crippen molar-refractivity contribution < 1.29 is 9.53 Å². The third-order valence-electron chi connectivity index (χ3n) is 7.79. The summed E-state index contributed by atoms with van der Waals surface area (Å²) in [7, 11) is 0. The molecule has 2 atom stereocenters. The van der Waals surface area contributed by atoms with Crippen molar-refractivity contribution in [1.29, 1.82) is 0 Å². The van der Waals surface area contributed by atoms with Crippen molar-refractivity contribution in [3.05, 3.63) is 0 Å². The lowest BCUT2D eigenvalue weighted by Gasteiger charge is -2.18. The molecule has 0 bridgehead atoms. The highest BCUT2D eigenvalue weighted by atomic mass is 16.5. The number of hydrogen-bond donors (Lipinski definition) is 0. The molecule has 0 saturated carbocycles. The van der Waals surface area contributed by atoms with Crippen LogP contribution in [0.4, 0.5) is 0 Å². The molecular weight excluding hydrogens is 428 g/mol. The predicted molar refractivity (Wildman–Crippen MR) is 156 cm³/mol. The Morgan fingerprint density at radius 3 is 1.26 bits per heavy atom. The SMILES string of the molecule is CCCCCCCCCCCCCCCCC(C)C(=O)OCC(CCCC)CCCCCCCC. The van der Waals surface area contributed by atoms with Crippen molar-refractivity contribution in [2.75, 3.05) is 6.61 Å². The number of esters is 1. The summed E-state index contributed by atoms with van der Waals surface area (Å²) in [5, 5.41) is 0. The maximum atomic E-state index is 12.5. The summed E-state index contributed by atoms with van der Waals surface area (Å²) in [5.41, 5.74) is 0. The van der Waals surface area contributed by atoms with Crippen LogP contribution in [0.2, 0.25) is 0 Å². The molecule has 0 saturated heterocycles. The maximum absolute atomic E-state index is 12.5. The fourth-order valence-electron chi connectivity index (χ4n) is 5.12. The third kappa shape index (κ3) is 24.9. The van der Waals surface area contributed by atoms with Gasteiger partial charge in [-0.3, -0.25) is 4.79 Å². The Morgan fingerprint density at radius 1 is 0.486 bits per heavy atom. The van der Waals surface area contributed by atoms with E-state index in [0.29, 0.717) is 12.5 Å². The summed E-state index contributed by atoms with van der Waals surface area (Å²) in [6.07, 6.45) is 33.3. The summed E-state index contributed by atoms with van der Waals surface area (Å²) in [6, 6.07) is 0. The minimum atomic E-state index is 0.0455. The van der Waals surface area contributed by atoms with Crippen molar-refractivity contribution in [3.8, 4) is 0 Å². The van der Waals surface area contributed by atoms with Crippen LogP contribution in [0, 0.1) is 11.8 Å². The van der Waals surface area contributed by atoms with Crippen LogP contribution < -0.4 is 0 Å². The van der Waals surface area contributed by atoms with E-state index in [1.165, 1.54) is 154 Å². The van der Waals surface area contributed by atoms with Gasteiger partial charge < -0.3 is 4.74 Å². The van der Waals surface area contributed by atoms with Crippen molar-refractivity contribution in [3.63, 3.8) is 0 Å². The number of ether oxygens (including phenoxy) is 1. The number of hydrogen-bond acceptors (Lipinski definition) is 2. The summed E-state index contributed by atoms with van der Waals surface area (Å²) in [6.45, 7) is 9.54. The molecule has 0 radical (unpaired) electrons. The minimum absolute atomic E-state index is 0.0455. The van der Waals surface area contributed by atoms with Gasteiger partial charge in [0.05, 0.1) is 12.5 Å². The van der Waals surface area contributed by atoms with Gasteiger partial charge in [-0.15, -0.1) is 0 Å². The van der Waals surface area contributed by atoms with Crippen LogP contribution in [0.3, 0.4) is 0 Å². The van der Waals surface area contributed by atoms with E-state index in [0.717, 1.165) is 6.42 Å². The fraction of sp³-hybridized carbons (Fsp3) is 0.970. The normalized spacial score (nSPS) is 13.1. The minimum Gasteiger partial charge on any atom is -0.465 e. The van der Waals surface area contributed by atoms with Crippen LogP contribution in [0.1, 0.15) is 188 Å². The van der Waals surface area contributed by atoms with E-state index >= 15 is 0 Å². The smallest absolute Gasteiger partial charge is 0.308 e. The Morgan fingerprint density at radius 2 is 0.829 bits per heavy atom. The van der Waals surface area contributed by atoms with Gasteiger partial charge in [0.1, 0.15) is 0 Å². The van der Waals surface area contributed by atoms with Crippen molar-refractivity contribution >= 4 is 5.97 Å². The highest BCUT2D eigenvalue weighted by Gasteiger charge is 2.17. The molecule has 0 spiro atoms. The third-order valence-corrected chi connectivity index (χ3v) is 7.79. The summed E-state index contributed by atoms with van der Waals surface area (Å²) < 4.78 is 5.79. The molecule has 35 heavy (non-hydrogen) atoms. The molecule has 0 heterocycles. The van der Waals surface area contributed by atoms with Gasteiger partial charge in [-0.05, 0) is 25.2 Å². The molecule has 0 aliphatic rings. The highest BCUT2D eigenvalue weighted by molar-refractivity contribution is 5.71. The largest absolute Gasteiger partial charge is 0.465 e. The molecule has 0 N–H and O–H groups in total. The van der Waals surface area contributed by atoms with Crippen LogP contribution in [-0.2, 0) is 9.53 Å². The molecule has 0 aliphatic heterocycles. The molecule has 0 fully saturated rings. The van der Waals surface area contributed by atoms with Gasteiger partial charge in [0, 0.05) is 0 Å². The molecule has 0 rings (SSSR count). The zero-order chi connectivity index (χ0) is 25.8. The van der Waals surface area contributed by atoms with E-state index in [4.69, 9.17) is 4.74 Å². The molecule has 2 unspecified atom stereocenters. The number of rotatable bonds is 28. The van der Waals surface area contributed by atoms with Crippen molar-refractivity contribution in [2.24, 2.45) is 11.8 Å². The van der Waals surface area contributed by atoms with Gasteiger partial charge >= 0.3 is 5.97 Å². The van der Waals surface area contributed by atoms with Crippen LogP contribution >= 0.6 is 0 Å². The summed E-state index contributed by atoms with van der Waals surface area (Å²) in [4.78, 5) is 12.5. The second kappa shape index (κ2) is 28.0. The lowest BCUT2D eigenvalue weighted by Crippen LogP contribution is -2.19. The summed E-state index contributed by atoms with van der Waals surface area (Å²) in [5.74, 6) is 0.677. The number of carbonyl (C=O) groups is 1. The van der Waals surface area contributed by atoms with Gasteiger partial charge in [0.15, 0.2) is 0 Å². The van der Waals surface area contributed by atoms with Gasteiger partial charge in [0.2, 0.25) is 0 Å². The molecular formula is C33H66O2. The van der Waals surface area contributed by atoms with E-state index in [9.17, 15) is 4.79 Å². The first-order valence-corrected chi connectivity index (χ1v) is 16.3. The van der Waals surface area contributed by atoms with Gasteiger partial charge in [-0.25, -0.2) is 0 Å². The number of carbonyl (C=O) groups excluding carboxylic acids is 1. The van der Waals surface area contributed by atoms with E-state index in [1.54, 1.807) is 0 Å². The molecule has 0 aromatic carbocycles. The molecule has 2 nitrogen and oxygen atoms in total. The van der Waals surface area contributed by atoms with E-state index in [-0.39, 0.29) is 11.9 Å². The van der Waals surface area contributed by atoms with Gasteiger partial charge in [0.25, 0.3) is 0 Å². The zero-order valence-electron chi connectivity index (χ0n) is 24.9. The van der Waals surface area contributed by atoms with Crippen LogP contribution in [0.25, 0.3) is 0 Å². The Labute approximate surface area is 222 Å². The lowest BCUT2D eigenvalue weighted by molar-refractivity contribution is -0.149. The summed E-state index contributed by atoms with van der Waals surface area (Å²) >= 11 is 0. The first-order valence-electron chi connectivity index (χ1n) is 16.3. The van der Waals surface area contributed by atoms with E-state index in [2.05, 4.69) is 27.7 Å². The van der Waals surface area contributed by atoms with Gasteiger partial charge in [-0.2, -0.15) is 0 Å².